The second kappa shape index (κ2) is 8.04. The van der Waals surface area contributed by atoms with Crippen LogP contribution in [0.15, 0.2) is 53.0 Å². The molecule has 0 unspecified atom stereocenters. The summed E-state index contributed by atoms with van der Waals surface area (Å²) in [5, 5.41) is 0.494. The topological polar surface area (TPSA) is 29.5 Å². The molecule has 1 saturated carbocycles. The lowest BCUT2D eigenvalue weighted by Gasteiger charge is -2.23. The second-order valence-electron chi connectivity index (χ2n) is 6.07. The van der Waals surface area contributed by atoms with Gasteiger partial charge in [-0.2, -0.15) is 0 Å². The summed E-state index contributed by atoms with van der Waals surface area (Å²) in [6.07, 6.45) is 2.41. The van der Waals surface area contributed by atoms with Gasteiger partial charge in [0.1, 0.15) is 5.75 Å². The van der Waals surface area contributed by atoms with Crippen LogP contribution in [0.2, 0.25) is 5.02 Å². The third-order valence-electron chi connectivity index (χ3n) is 3.99. The van der Waals surface area contributed by atoms with E-state index in [1.165, 1.54) is 12.8 Å². The number of hydrogen-bond donors (Lipinski definition) is 0. The quantitative estimate of drug-likeness (QED) is 0.651. The largest absolute Gasteiger partial charge is 0.482 e. The fraction of sp³-hybridized carbons (Fsp3) is 0.316. The number of rotatable bonds is 7. The molecule has 0 heterocycles. The third kappa shape index (κ3) is 4.99. The smallest absolute Gasteiger partial charge is 0.260 e. The van der Waals surface area contributed by atoms with Crippen LogP contribution in [-0.2, 0) is 11.3 Å². The normalized spacial score (nSPS) is 13.6. The van der Waals surface area contributed by atoms with Crippen molar-refractivity contribution in [2.75, 3.05) is 13.2 Å². The fourth-order valence-electron chi connectivity index (χ4n) is 2.49. The van der Waals surface area contributed by atoms with Gasteiger partial charge in [0.05, 0.1) is 5.02 Å². The van der Waals surface area contributed by atoms with Crippen LogP contribution in [0.1, 0.15) is 18.4 Å². The van der Waals surface area contributed by atoms with E-state index in [0.717, 1.165) is 16.6 Å². The van der Waals surface area contributed by atoms with Gasteiger partial charge in [-0.15, -0.1) is 0 Å². The molecular formula is C19H19BrClNO2. The van der Waals surface area contributed by atoms with E-state index in [-0.39, 0.29) is 12.5 Å². The molecule has 0 radical (unpaired) electrons. The molecule has 1 aliphatic carbocycles. The van der Waals surface area contributed by atoms with E-state index in [0.29, 0.717) is 23.2 Å². The van der Waals surface area contributed by atoms with Crippen LogP contribution in [0, 0.1) is 5.92 Å². The standard InChI is InChI=1S/C19H19BrClNO2/c20-16-8-9-18(17(21)10-16)24-13-19(23)22(12-15-6-7-15)11-14-4-2-1-3-5-14/h1-5,8-10,15H,6-7,11-13H2. The minimum Gasteiger partial charge on any atom is -0.482 e. The SMILES string of the molecule is O=C(COc1ccc(Br)cc1Cl)N(Cc1ccccc1)CC1CC1. The van der Waals surface area contributed by atoms with Crippen molar-refractivity contribution < 1.29 is 9.53 Å². The number of ether oxygens (including phenoxy) is 1. The van der Waals surface area contributed by atoms with Crippen molar-refractivity contribution in [3.63, 3.8) is 0 Å². The molecule has 0 aliphatic heterocycles. The summed E-state index contributed by atoms with van der Waals surface area (Å²) < 4.78 is 6.51. The van der Waals surface area contributed by atoms with E-state index in [1.807, 2.05) is 41.3 Å². The molecule has 1 amide bonds. The van der Waals surface area contributed by atoms with E-state index in [4.69, 9.17) is 16.3 Å². The Morgan fingerprint density at radius 2 is 1.96 bits per heavy atom. The molecule has 24 heavy (non-hydrogen) atoms. The molecule has 2 aromatic rings. The van der Waals surface area contributed by atoms with Gasteiger partial charge in [0, 0.05) is 17.6 Å². The Kier molecular flexibility index (Phi) is 5.80. The highest BCUT2D eigenvalue weighted by Gasteiger charge is 2.27. The van der Waals surface area contributed by atoms with Crippen molar-refractivity contribution in [3.05, 3.63) is 63.6 Å². The first-order chi connectivity index (χ1) is 11.6. The Labute approximate surface area is 155 Å². The van der Waals surface area contributed by atoms with Gasteiger partial charge in [-0.1, -0.05) is 57.9 Å². The van der Waals surface area contributed by atoms with E-state index in [2.05, 4.69) is 15.9 Å². The Bertz CT molecular complexity index is 704. The Morgan fingerprint density at radius 1 is 1.21 bits per heavy atom. The maximum Gasteiger partial charge on any atom is 0.260 e. The fourth-order valence-corrected chi connectivity index (χ4v) is 3.22. The van der Waals surface area contributed by atoms with Gasteiger partial charge < -0.3 is 9.64 Å². The van der Waals surface area contributed by atoms with Crippen molar-refractivity contribution in [1.82, 2.24) is 4.90 Å². The van der Waals surface area contributed by atoms with Gasteiger partial charge in [0.2, 0.25) is 0 Å². The summed E-state index contributed by atoms with van der Waals surface area (Å²) in [5.74, 6) is 1.15. The average molecular weight is 409 g/mol. The molecule has 0 bridgehead atoms. The van der Waals surface area contributed by atoms with Crippen molar-refractivity contribution in [3.8, 4) is 5.75 Å². The number of carbonyl (C=O) groups is 1. The number of carbonyl (C=O) groups excluding carboxylic acids is 1. The molecule has 3 rings (SSSR count). The van der Waals surface area contributed by atoms with E-state index in [9.17, 15) is 4.79 Å². The van der Waals surface area contributed by atoms with Crippen LogP contribution >= 0.6 is 27.5 Å². The first-order valence-corrected chi connectivity index (χ1v) is 9.18. The molecule has 2 aromatic carbocycles. The van der Waals surface area contributed by atoms with Crippen LogP contribution in [-0.4, -0.2) is 24.0 Å². The number of halogens is 2. The third-order valence-corrected chi connectivity index (χ3v) is 4.78. The number of benzene rings is 2. The summed E-state index contributed by atoms with van der Waals surface area (Å²) in [7, 11) is 0. The molecule has 1 aliphatic rings. The highest BCUT2D eigenvalue weighted by molar-refractivity contribution is 9.10. The van der Waals surface area contributed by atoms with Crippen molar-refractivity contribution >= 4 is 33.4 Å². The zero-order valence-electron chi connectivity index (χ0n) is 13.3. The molecule has 3 nitrogen and oxygen atoms in total. The Balaban J connectivity index is 1.62. The average Bonchev–Trinajstić information content (AvgIpc) is 3.38. The Morgan fingerprint density at radius 3 is 2.62 bits per heavy atom. The summed E-state index contributed by atoms with van der Waals surface area (Å²) in [6, 6.07) is 15.4. The van der Waals surface area contributed by atoms with Crippen molar-refractivity contribution in [2.24, 2.45) is 5.92 Å². The molecule has 1 fully saturated rings. The van der Waals surface area contributed by atoms with Gasteiger partial charge in [0.15, 0.2) is 6.61 Å². The predicted molar refractivity (Wildman–Crippen MR) is 99.2 cm³/mol. The summed E-state index contributed by atoms with van der Waals surface area (Å²) in [5.41, 5.74) is 1.13. The molecular weight excluding hydrogens is 390 g/mol. The van der Waals surface area contributed by atoms with Crippen LogP contribution < -0.4 is 4.74 Å². The molecule has 0 spiro atoms. The molecule has 0 saturated heterocycles. The maximum absolute atomic E-state index is 12.6. The van der Waals surface area contributed by atoms with Gasteiger partial charge in [-0.25, -0.2) is 0 Å². The van der Waals surface area contributed by atoms with E-state index < -0.39 is 0 Å². The second-order valence-corrected chi connectivity index (χ2v) is 7.39. The van der Waals surface area contributed by atoms with Crippen LogP contribution in [0.4, 0.5) is 0 Å². The molecule has 0 N–H and O–H groups in total. The minimum absolute atomic E-state index is 0.000899. The van der Waals surface area contributed by atoms with Crippen LogP contribution in [0.25, 0.3) is 0 Å². The van der Waals surface area contributed by atoms with Gasteiger partial charge in [-0.05, 0) is 42.5 Å². The highest BCUT2D eigenvalue weighted by Crippen LogP contribution is 2.31. The van der Waals surface area contributed by atoms with Gasteiger partial charge in [-0.3, -0.25) is 4.79 Å². The molecule has 5 heteroatoms. The van der Waals surface area contributed by atoms with Gasteiger partial charge in [0.25, 0.3) is 5.91 Å². The minimum atomic E-state index is -0.00950. The van der Waals surface area contributed by atoms with Crippen LogP contribution in [0.3, 0.4) is 0 Å². The lowest BCUT2D eigenvalue weighted by molar-refractivity contribution is -0.134. The van der Waals surface area contributed by atoms with Crippen molar-refractivity contribution in [1.29, 1.82) is 0 Å². The Hall–Kier alpha value is -1.52. The number of nitrogens with zero attached hydrogens (tertiary/aromatic N) is 1. The summed E-state index contributed by atoms with van der Waals surface area (Å²) in [6.45, 7) is 1.42. The zero-order chi connectivity index (χ0) is 16.9. The molecule has 126 valence electrons. The molecule has 0 atom stereocenters. The predicted octanol–water partition coefficient (Wildman–Crippen LogP) is 4.92. The first kappa shape index (κ1) is 17.3. The monoisotopic (exact) mass is 407 g/mol. The van der Waals surface area contributed by atoms with E-state index >= 15 is 0 Å². The van der Waals surface area contributed by atoms with Gasteiger partial charge >= 0.3 is 0 Å². The molecule has 0 aromatic heterocycles. The summed E-state index contributed by atoms with van der Waals surface area (Å²) >= 11 is 9.49. The van der Waals surface area contributed by atoms with Crippen LogP contribution in [0.5, 0.6) is 5.75 Å². The maximum atomic E-state index is 12.6. The zero-order valence-corrected chi connectivity index (χ0v) is 15.6. The van der Waals surface area contributed by atoms with E-state index in [1.54, 1.807) is 12.1 Å². The lowest BCUT2D eigenvalue weighted by atomic mass is 10.2. The summed E-state index contributed by atoms with van der Waals surface area (Å²) in [4.78, 5) is 14.5. The van der Waals surface area contributed by atoms with Crippen molar-refractivity contribution in [2.45, 2.75) is 19.4 Å². The highest BCUT2D eigenvalue weighted by atomic mass is 79.9. The number of hydrogen-bond acceptors (Lipinski definition) is 2. The lowest BCUT2D eigenvalue weighted by Crippen LogP contribution is -2.36. The first-order valence-electron chi connectivity index (χ1n) is 8.01. The number of amides is 1.